The van der Waals surface area contributed by atoms with Crippen LogP contribution in [0.3, 0.4) is 0 Å². The lowest BCUT2D eigenvalue weighted by atomic mass is 10.2. The monoisotopic (exact) mass is 390 g/mol. The smallest absolute Gasteiger partial charge is 0.256 e. The molecule has 1 N–H and O–H groups in total. The lowest BCUT2D eigenvalue weighted by molar-refractivity contribution is 0.102. The van der Waals surface area contributed by atoms with Gasteiger partial charge in [-0.1, -0.05) is 18.6 Å². The topological polar surface area (TPSA) is 66.5 Å². The van der Waals surface area contributed by atoms with Crippen molar-refractivity contribution in [2.75, 3.05) is 24.7 Å². The molecule has 0 aromatic heterocycles. The lowest BCUT2D eigenvalue weighted by Gasteiger charge is -2.25. The van der Waals surface area contributed by atoms with E-state index in [2.05, 4.69) is 5.32 Å². The Kier molecular flexibility index (Phi) is 6.01. The quantitative estimate of drug-likeness (QED) is 0.788. The van der Waals surface area contributed by atoms with E-state index in [9.17, 15) is 13.2 Å². The van der Waals surface area contributed by atoms with Crippen LogP contribution in [-0.2, 0) is 10.0 Å². The minimum Gasteiger partial charge on any atom is -0.322 e. The van der Waals surface area contributed by atoms with E-state index in [0.29, 0.717) is 24.3 Å². The number of thioether (sulfide) groups is 1. The number of nitrogens with one attached hydrogen (secondary N) is 1. The van der Waals surface area contributed by atoms with Crippen LogP contribution in [0.1, 0.15) is 29.6 Å². The molecule has 0 aliphatic carbocycles. The summed E-state index contributed by atoms with van der Waals surface area (Å²) in [5.74, 6) is -0.207. The Labute approximate surface area is 158 Å². The molecule has 2 aromatic rings. The number of carbonyl (C=O) groups excluding carboxylic acids is 1. The predicted octanol–water partition coefficient (Wildman–Crippen LogP) is 3.84. The summed E-state index contributed by atoms with van der Waals surface area (Å²) in [6.07, 6.45) is 4.81. The number of benzene rings is 2. The summed E-state index contributed by atoms with van der Waals surface area (Å²) in [4.78, 5) is 13.6. The summed E-state index contributed by atoms with van der Waals surface area (Å²) >= 11 is 1.51. The third-order valence-electron chi connectivity index (χ3n) is 4.42. The van der Waals surface area contributed by atoms with E-state index in [4.69, 9.17) is 0 Å². The molecule has 138 valence electrons. The number of piperidine rings is 1. The van der Waals surface area contributed by atoms with Crippen LogP contribution in [0.5, 0.6) is 0 Å². The van der Waals surface area contributed by atoms with Gasteiger partial charge in [-0.05, 0) is 55.5 Å². The van der Waals surface area contributed by atoms with Crippen LogP contribution in [0.25, 0.3) is 0 Å². The first-order valence-electron chi connectivity index (χ1n) is 8.57. The zero-order valence-corrected chi connectivity index (χ0v) is 16.3. The summed E-state index contributed by atoms with van der Waals surface area (Å²) in [5.41, 5.74) is 1.17. The van der Waals surface area contributed by atoms with Crippen molar-refractivity contribution in [2.24, 2.45) is 0 Å². The van der Waals surface area contributed by atoms with Crippen molar-refractivity contribution in [3.8, 4) is 0 Å². The maximum Gasteiger partial charge on any atom is 0.256 e. The highest BCUT2D eigenvalue weighted by Crippen LogP contribution is 2.24. The first-order valence-corrected chi connectivity index (χ1v) is 11.2. The van der Waals surface area contributed by atoms with Gasteiger partial charge >= 0.3 is 0 Å². The number of amides is 1. The molecular weight excluding hydrogens is 368 g/mol. The number of hydrogen-bond acceptors (Lipinski definition) is 4. The fourth-order valence-electron chi connectivity index (χ4n) is 3.00. The van der Waals surface area contributed by atoms with Crippen LogP contribution >= 0.6 is 11.8 Å². The lowest BCUT2D eigenvalue weighted by Crippen LogP contribution is -2.35. The van der Waals surface area contributed by atoms with Gasteiger partial charge in [-0.2, -0.15) is 4.31 Å². The molecule has 1 aliphatic heterocycles. The average Bonchev–Trinajstić information content (AvgIpc) is 2.69. The fraction of sp³-hybridized carbons (Fsp3) is 0.316. The van der Waals surface area contributed by atoms with Gasteiger partial charge in [0.1, 0.15) is 0 Å². The molecule has 0 spiro atoms. The van der Waals surface area contributed by atoms with Gasteiger partial charge in [0.25, 0.3) is 5.91 Å². The Balaban J connectivity index is 1.74. The molecule has 1 amide bonds. The highest BCUT2D eigenvalue weighted by Gasteiger charge is 2.25. The standard InChI is InChI=1S/C19H22N2O3S2/c1-25-18-8-4-3-7-17(18)19(22)20-15-9-11-16(12-10-15)26(23,24)21-13-5-2-6-14-21/h3-4,7-12H,2,5-6,13-14H2,1H3,(H,20,22). The van der Waals surface area contributed by atoms with Gasteiger partial charge in [0.05, 0.1) is 10.5 Å². The maximum atomic E-state index is 12.7. The van der Waals surface area contributed by atoms with Crippen molar-refractivity contribution < 1.29 is 13.2 Å². The molecule has 0 radical (unpaired) electrons. The Morgan fingerprint density at radius 1 is 1.00 bits per heavy atom. The van der Waals surface area contributed by atoms with Gasteiger partial charge in [-0.25, -0.2) is 8.42 Å². The van der Waals surface area contributed by atoms with E-state index in [1.165, 1.54) is 11.8 Å². The number of hydrogen-bond donors (Lipinski definition) is 1. The third-order valence-corrected chi connectivity index (χ3v) is 7.13. The predicted molar refractivity (Wildman–Crippen MR) is 105 cm³/mol. The molecule has 1 fully saturated rings. The molecule has 1 heterocycles. The molecule has 7 heteroatoms. The first kappa shape index (κ1) is 18.9. The minimum absolute atomic E-state index is 0.207. The minimum atomic E-state index is -3.45. The first-order chi connectivity index (χ1) is 12.5. The highest BCUT2D eigenvalue weighted by molar-refractivity contribution is 7.98. The van der Waals surface area contributed by atoms with Crippen LogP contribution in [0.4, 0.5) is 5.69 Å². The molecule has 26 heavy (non-hydrogen) atoms. The van der Waals surface area contributed by atoms with Gasteiger partial charge in [-0.3, -0.25) is 4.79 Å². The Hall–Kier alpha value is -1.83. The van der Waals surface area contributed by atoms with Gasteiger partial charge in [0.15, 0.2) is 0 Å². The van der Waals surface area contributed by atoms with Crippen molar-refractivity contribution in [3.63, 3.8) is 0 Å². The van der Waals surface area contributed by atoms with Crippen molar-refractivity contribution in [3.05, 3.63) is 54.1 Å². The molecule has 0 bridgehead atoms. The Bertz CT molecular complexity index is 874. The van der Waals surface area contributed by atoms with E-state index in [-0.39, 0.29) is 10.8 Å². The van der Waals surface area contributed by atoms with Crippen LogP contribution in [0.15, 0.2) is 58.3 Å². The SMILES string of the molecule is CSc1ccccc1C(=O)Nc1ccc(S(=O)(=O)N2CCCCC2)cc1. The molecule has 3 rings (SSSR count). The van der Waals surface area contributed by atoms with Crippen LogP contribution < -0.4 is 5.32 Å². The van der Waals surface area contributed by atoms with E-state index in [1.54, 1.807) is 34.6 Å². The molecule has 2 aromatic carbocycles. The maximum absolute atomic E-state index is 12.7. The number of nitrogens with zero attached hydrogens (tertiary/aromatic N) is 1. The van der Waals surface area contributed by atoms with Gasteiger partial charge < -0.3 is 5.32 Å². The molecule has 0 unspecified atom stereocenters. The molecular formula is C19H22N2O3S2. The van der Waals surface area contributed by atoms with Crippen molar-refractivity contribution in [1.29, 1.82) is 0 Å². The number of carbonyl (C=O) groups is 1. The summed E-state index contributed by atoms with van der Waals surface area (Å²) < 4.78 is 26.9. The Morgan fingerprint density at radius 2 is 1.65 bits per heavy atom. The average molecular weight is 391 g/mol. The number of anilines is 1. The third kappa shape index (κ3) is 4.11. The molecule has 0 saturated carbocycles. The largest absolute Gasteiger partial charge is 0.322 e. The number of rotatable bonds is 5. The van der Waals surface area contributed by atoms with Crippen molar-refractivity contribution in [1.82, 2.24) is 4.31 Å². The molecule has 1 aliphatic rings. The van der Waals surface area contributed by atoms with Gasteiger partial charge in [-0.15, -0.1) is 11.8 Å². The van der Waals surface area contributed by atoms with E-state index < -0.39 is 10.0 Å². The second-order valence-corrected chi connectivity index (χ2v) is 8.93. The summed E-state index contributed by atoms with van der Waals surface area (Å²) in [5, 5.41) is 2.83. The number of sulfonamides is 1. The van der Waals surface area contributed by atoms with Crippen LogP contribution in [0.2, 0.25) is 0 Å². The van der Waals surface area contributed by atoms with Gasteiger partial charge in [0, 0.05) is 23.7 Å². The second kappa shape index (κ2) is 8.24. The highest BCUT2D eigenvalue weighted by atomic mass is 32.2. The van der Waals surface area contributed by atoms with E-state index in [1.807, 2.05) is 24.5 Å². The normalized spacial score (nSPS) is 15.6. The zero-order valence-electron chi connectivity index (χ0n) is 14.6. The Morgan fingerprint density at radius 3 is 2.31 bits per heavy atom. The summed E-state index contributed by atoms with van der Waals surface area (Å²) in [6.45, 7) is 1.15. The van der Waals surface area contributed by atoms with E-state index in [0.717, 1.165) is 24.2 Å². The summed E-state index contributed by atoms with van der Waals surface area (Å²) in [6, 6.07) is 13.8. The molecule has 0 atom stereocenters. The molecule has 1 saturated heterocycles. The van der Waals surface area contributed by atoms with Crippen molar-refractivity contribution in [2.45, 2.75) is 29.1 Å². The molecule has 5 nitrogen and oxygen atoms in total. The zero-order chi connectivity index (χ0) is 18.6. The van der Waals surface area contributed by atoms with E-state index >= 15 is 0 Å². The van der Waals surface area contributed by atoms with Crippen LogP contribution in [0, 0.1) is 0 Å². The fourth-order valence-corrected chi connectivity index (χ4v) is 5.11. The summed E-state index contributed by atoms with van der Waals surface area (Å²) in [7, 11) is -3.45. The van der Waals surface area contributed by atoms with Crippen LogP contribution in [-0.4, -0.2) is 38.0 Å². The van der Waals surface area contributed by atoms with Gasteiger partial charge in [0.2, 0.25) is 10.0 Å². The van der Waals surface area contributed by atoms with Crippen molar-refractivity contribution >= 4 is 33.4 Å². The second-order valence-electron chi connectivity index (χ2n) is 6.14.